The van der Waals surface area contributed by atoms with Gasteiger partial charge in [0.2, 0.25) is 0 Å². The first-order valence-corrected chi connectivity index (χ1v) is 6.27. The third kappa shape index (κ3) is 2.26. The van der Waals surface area contributed by atoms with Crippen molar-refractivity contribution in [3.63, 3.8) is 0 Å². The van der Waals surface area contributed by atoms with Crippen LogP contribution in [0, 0.1) is 11.8 Å². The van der Waals surface area contributed by atoms with Crippen LogP contribution in [0.3, 0.4) is 0 Å². The summed E-state index contributed by atoms with van der Waals surface area (Å²) in [5, 5.41) is 14.0. The highest BCUT2D eigenvalue weighted by atomic mass is 16.3. The zero-order valence-electron chi connectivity index (χ0n) is 10.1. The molecule has 3 atom stereocenters. The molecule has 16 heavy (non-hydrogen) atoms. The van der Waals surface area contributed by atoms with Gasteiger partial charge < -0.3 is 5.11 Å². The summed E-state index contributed by atoms with van der Waals surface area (Å²) in [6.07, 6.45) is 5.61. The molecule has 4 heteroatoms. The maximum atomic E-state index is 9.73. The zero-order chi connectivity index (χ0) is 11.5. The molecule has 0 aromatic carbocycles. The Hall–Kier alpha value is -0.900. The summed E-state index contributed by atoms with van der Waals surface area (Å²) in [6.45, 7) is 5.23. The minimum absolute atomic E-state index is 0.118. The smallest absolute Gasteiger partial charge is 0.138 e. The van der Waals surface area contributed by atoms with Crippen LogP contribution >= 0.6 is 0 Å². The first-order valence-electron chi connectivity index (χ1n) is 6.27. The standard InChI is InChI=1S/C12H21N3O/c1-3-6-15-12(13-8-14-15)7-10-4-5-11(16)9(10)2/h8-11,16H,3-7H2,1-2H3. The van der Waals surface area contributed by atoms with Crippen LogP contribution < -0.4 is 0 Å². The highest BCUT2D eigenvalue weighted by molar-refractivity contribution is 4.92. The lowest BCUT2D eigenvalue weighted by molar-refractivity contribution is 0.127. The average Bonchev–Trinajstić information content (AvgIpc) is 2.82. The van der Waals surface area contributed by atoms with E-state index in [1.807, 2.05) is 4.68 Å². The largest absolute Gasteiger partial charge is 0.393 e. The Balaban J connectivity index is 2.00. The molecule has 0 spiro atoms. The summed E-state index contributed by atoms with van der Waals surface area (Å²) in [7, 11) is 0. The first-order chi connectivity index (χ1) is 7.72. The maximum Gasteiger partial charge on any atom is 0.138 e. The maximum absolute atomic E-state index is 9.73. The molecule has 1 aromatic heterocycles. The van der Waals surface area contributed by atoms with Gasteiger partial charge in [-0.05, 0) is 31.1 Å². The molecule has 1 aromatic rings. The molecule has 1 aliphatic rings. The highest BCUT2D eigenvalue weighted by Gasteiger charge is 2.32. The van der Waals surface area contributed by atoms with Gasteiger partial charge in [0, 0.05) is 13.0 Å². The van der Waals surface area contributed by atoms with Gasteiger partial charge in [0.1, 0.15) is 12.2 Å². The molecule has 0 saturated heterocycles. The van der Waals surface area contributed by atoms with E-state index in [9.17, 15) is 5.11 Å². The number of hydrogen-bond acceptors (Lipinski definition) is 3. The van der Waals surface area contributed by atoms with Crippen LogP contribution in [0.5, 0.6) is 0 Å². The Kier molecular flexibility index (Phi) is 3.59. The van der Waals surface area contributed by atoms with Crippen molar-refractivity contribution in [3.8, 4) is 0 Å². The predicted molar refractivity (Wildman–Crippen MR) is 61.9 cm³/mol. The van der Waals surface area contributed by atoms with Crippen molar-refractivity contribution < 1.29 is 5.11 Å². The highest BCUT2D eigenvalue weighted by Crippen LogP contribution is 2.33. The van der Waals surface area contributed by atoms with Crippen molar-refractivity contribution in [2.24, 2.45) is 11.8 Å². The Morgan fingerprint density at radius 1 is 1.50 bits per heavy atom. The minimum atomic E-state index is -0.118. The van der Waals surface area contributed by atoms with Crippen LogP contribution in [-0.2, 0) is 13.0 Å². The lowest BCUT2D eigenvalue weighted by atomic mass is 9.93. The van der Waals surface area contributed by atoms with Gasteiger partial charge in [-0.15, -0.1) is 0 Å². The van der Waals surface area contributed by atoms with Crippen molar-refractivity contribution in [2.45, 2.75) is 52.2 Å². The quantitative estimate of drug-likeness (QED) is 0.844. The average molecular weight is 223 g/mol. The number of aryl methyl sites for hydroxylation is 1. The van der Waals surface area contributed by atoms with Crippen molar-refractivity contribution in [3.05, 3.63) is 12.2 Å². The number of rotatable bonds is 4. The Morgan fingerprint density at radius 2 is 2.31 bits per heavy atom. The summed E-state index contributed by atoms with van der Waals surface area (Å²) in [4.78, 5) is 4.33. The van der Waals surface area contributed by atoms with Crippen LogP contribution in [0.1, 0.15) is 38.9 Å². The summed E-state index contributed by atoms with van der Waals surface area (Å²) >= 11 is 0. The lowest BCUT2D eigenvalue weighted by Gasteiger charge is -2.17. The zero-order valence-corrected chi connectivity index (χ0v) is 10.1. The molecule has 0 amide bonds. The summed E-state index contributed by atoms with van der Waals surface area (Å²) in [6, 6.07) is 0. The fourth-order valence-electron chi connectivity index (χ4n) is 2.59. The molecule has 0 aliphatic heterocycles. The third-order valence-corrected chi connectivity index (χ3v) is 3.76. The molecule has 4 nitrogen and oxygen atoms in total. The molecule has 2 rings (SSSR count). The summed E-state index contributed by atoms with van der Waals surface area (Å²) in [5.41, 5.74) is 0. The molecule has 1 fully saturated rings. The lowest BCUT2D eigenvalue weighted by Crippen LogP contribution is -2.19. The number of nitrogens with zero attached hydrogens (tertiary/aromatic N) is 3. The summed E-state index contributed by atoms with van der Waals surface area (Å²) in [5.74, 6) is 2.04. The molecule has 1 saturated carbocycles. The number of aromatic nitrogens is 3. The van der Waals surface area contributed by atoms with Gasteiger partial charge in [-0.3, -0.25) is 4.68 Å². The number of aliphatic hydroxyl groups excluding tert-OH is 1. The fraction of sp³-hybridized carbons (Fsp3) is 0.833. The number of hydrogen-bond donors (Lipinski definition) is 1. The molecule has 0 bridgehead atoms. The van der Waals surface area contributed by atoms with Crippen LogP contribution in [0.15, 0.2) is 6.33 Å². The Labute approximate surface area is 96.7 Å². The van der Waals surface area contributed by atoms with E-state index in [0.717, 1.165) is 38.1 Å². The molecule has 1 N–H and O–H groups in total. The van der Waals surface area contributed by atoms with Gasteiger partial charge in [-0.2, -0.15) is 5.10 Å². The second-order valence-corrected chi connectivity index (χ2v) is 4.87. The van der Waals surface area contributed by atoms with Crippen molar-refractivity contribution in [1.82, 2.24) is 14.8 Å². The van der Waals surface area contributed by atoms with Crippen molar-refractivity contribution in [2.75, 3.05) is 0 Å². The first kappa shape index (κ1) is 11.6. The van der Waals surface area contributed by atoms with Crippen LogP contribution in [0.2, 0.25) is 0 Å². The monoisotopic (exact) mass is 223 g/mol. The van der Waals surface area contributed by atoms with Crippen LogP contribution in [-0.4, -0.2) is 26.0 Å². The van der Waals surface area contributed by atoms with Gasteiger partial charge >= 0.3 is 0 Å². The van der Waals surface area contributed by atoms with E-state index < -0.39 is 0 Å². The molecular formula is C12H21N3O. The Bertz CT molecular complexity index is 337. The van der Waals surface area contributed by atoms with E-state index >= 15 is 0 Å². The molecule has 90 valence electrons. The second-order valence-electron chi connectivity index (χ2n) is 4.87. The topological polar surface area (TPSA) is 50.9 Å². The van der Waals surface area contributed by atoms with E-state index in [2.05, 4.69) is 23.9 Å². The molecular weight excluding hydrogens is 202 g/mol. The van der Waals surface area contributed by atoms with E-state index in [1.54, 1.807) is 6.33 Å². The summed E-state index contributed by atoms with van der Waals surface area (Å²) < 4.78 is 2.00. The normalized spacial score (nSPS) is 29.8. The number of aliphatic hydroxyl groups is 1. The molecule has 0 radical (unpaired) electrons. The molecule has 3 unspecified atom stereocenters. The van der Waals surface area contributed by atoms with Crippen molar-refractivity contribution in [1.29, 1.82) is 0 Å². The Morgan fingerprint density at radius 3 is 2.94 bits per heavy atom. The van der Waals surface area contributed by atoms with E-state index in [0.29, 0.717) is 11.8 Å². The van der Waals surface area contributed by atoms with Crippen LogP contribution in [0.25, 0.3) is 0 Å². The molecule has 1 aliphatic carbocycles. The van der Waals surface area contributed by atoms with Gasteiger partial charge in [0.05, 0.1) is 6.10 Å². The van der Waals surface area contributed by atoms with E-state index in [4.69, 9.17) is 0 Å². The third-order valence-electron chi connectivity index (χ3n) is 3.76. The SMILES string of the molecule is CCCn1ncnc1CC1CCC(O)C1C. The van der Waals surface area contributed by atoms with E-state index in [1.165, 1.54) is 0 Å². The second kappa shape index (κ2) is 4.95. The molecule has 1 heterocycles. The van der Waals surface area contributed by atoms with Gasteiger partial charge in [-0.25, -0.2) is 4.98 Å². The van der Waals surface area contributed by atoms with E-state index in [-0.39, 0.29) is 6.10 Å². The van der Waals surface area contributed by atoms with Gasteiger partial charge in [-0.1, -0.05) is 13.8 Å². The fourth-order valence-corrected chi connectivity index (χ4v) is 2.59. The van der Waals surface area contributed by atoms with Crippen molar-refractivity contribution >= 4 is 0 Å². The van der Waals surface area contributed by atoms with Crippen LogP contribution in [0.4, 0.5) is 0 Å². The minimum Gasteiger partial charge on any atom is -0.393 e. The predicted octanol–water partition coefficient (Wildman–Crippen LogP) is 1.64. The van der Waals surface area contributed by atoms with Gasteiger partial charge in [0.25, 0.3) is 0 Å². The van der Waals surface area contributed by atoms with Gasteiger partial charge in [0.15, 0.2) is 0 Å².